The third-order valence-electron chi connectivity index (χ3n) is 2.60. The van der Waals surface area contributed by atoms with Crippen LogP contribution >= 0.6 is 0 Å². The van der Waals surface area contributed by atoms with Gasteiger partial charge in [-0.2, -0.15) is 4.57 Å². The molecule has 0 spiro atoms. The molecule has 4 nitrogen and oxygen atoms in total. The van der Waals surface area contributed by atoms with Gasteiger partial charge in [0, 0.05) is 5.56 Å². The van der Waals surface area contributed by atoms with Gasteiger partial charge in [-0.3, -0.25) is 4.98 Å². The van der Waals surface area contributed by atoms with E-state index in [1.807, 2.05) is 34.9 Å². The maximum Gasteiger partial charge on any atom is 0.341 e. The topological polar surface area (TPSA) is 54.1 Å². The molecule has 0 bridgehead atoms. The number of aliphatic carboxylic acids is 1. The molecule has 0 saturated carbocycles. The SMILES string of the molecule is C=C(C(=O)O)c1cncc[n+]1Cc1ccccc1. The summed E-state index contributed by atoms with van der Waals surface area (Å²) in [6, 6.07) is 9.81. The molecule has 90 valence electrons. The van der Waals surface area contributed by atoms with Gasteiger partial charge < -0.3 is 5.11 Å². The van der Waals surface area contributed by atoms with Gasteiger partial charge in [0.2, 0.25) is 5.69 Å². The molecule has 0 aliphatic carbocycles. The number of rotatable bonds is 4. The van der Waals surface area contributed by atoms with Crippen LogP contribution in [0.3, 0.4) is 0 Å². The number of carboxylic acid groups (broad SMARTS) is 1. The molecule has 2 aromatic rings. The largest absolute Gasteiger partial charge is 0.477 e. The molecule has 1 N–H and O–H groups in total. The number of hydrogen-bond acceptors (Lipinski definition) is 2. The molecular weight excluding hydrogens is 228 g/mol. The van der Waals surface area contributed by atoms with E-state index in [1.54, 1.807) is 12.4 Å². The summed E-state index contributed by atoms with van der Waals surface area (Å²) in [5.41, 5.74) is 1.64. The summed E-state index contributed by atoms with van der Waals surface area (Å²) in [7, 11) is 0. The van der Waals surface area contributed by atoms with Crippen molar-refractivity contribution < 1.29 is 14.5 Å². The van der Waals surface area contributed by atoms with E-state index in [2.05, 4.69) is 11.6 Å². The smallest absolute Gasteiger partial charge is 0.341 e. The Kier molecular flexibility index (Phi) is 3.48. The van der Waals surface area contributed by atoms with Crippen molar-refractivity contribution >= 4 is 11.5 Å². The lowest BCUT2D eigenvalue weighted by Gasteiger charge is -2.03. The summed E-state index contributed by atoms with van der Waals surface area (Å²) in [5.74, 6) is -1.04. The van der Waals surface area contributed by atoms with Crippen LogP contribution < -0.4 is 4.57 Å². The normalized spacial score (nSPS) is 10.0. The van der Waals surface area contributed by atoms with E-state index in [1.165, 1.54) is 6.20 Å². The highest BCUT2D eigenvalue weighted by atomic mass is 16.4. The molecule has 0 atom stereocenters. The number of benzene rings is 1. The first-order chi connectivity index (χ1) is 8.68. The van der Waals surface area contributed by atoms with Crippen molar-refractivity contribution in [2.75, 3.05) is 0 Å². The zero-order chi connectivity index (χ0) is 13.0. The van der Waals surface area contributed by atoms with Crippen molar-refractivity contribution in [2.45, 2.75) is 6.54 Å². The van der Waals surface area contributed by atoms with Gasteiger partial charge in [-0.25, -0.2) is 4.79 Å². The molecule has 1 heterocycles. The fourth-order valence-corrected chi connectivity index (χ4v) is 1.67. The number of hydrogen-bond donors (Lipinski definition) is 1. The Morgan fingerprint density at radius 1 is 1.33 bits per heavy atom. The maximum atomic E-state index is 11.0. The van der Waals surface area contributed by atoms with Gasteiger partial charge in [0.1, 0.15) is 5.57 Å². The van der Waals surface area contributed by atoms with Gasteiger partial charge in [-0.05, 0) is 0 Å². The average molecular weight is 241 g/mol. The van der Waals surface area contributed by atoms with Crippen LogP contribution in [-0.4, -0.2) is 16.1 Å². The minimum absolute atomic E-state index is 0.0408. The quantitative estimate of drug-likeness (QED) is 0.652. The van der Waals surface area contributed by atoms with Crippen LogP contribution in [-0.2, 0) is 11.3 Å². The van der Waals surface area contributed by atoms with E-state index in [4.69, 9.17) is 5.11 Å². The zero-order valence-electron chi connectivity index (χ0n) is 9.78. The molecule has 4 heteroatoms. The fraction of sp³-hybridized carbons (Fsp3) is 0.0714. The van der Waals surface area contributed by atoms with Crippen LogP contribution in [0.1, 0.15) is 11.3 Å². The monoisotopic (exact) mass is 241 g/mol. The molecular formula is C14H13N2O2+. The van der Waals surface area contributed by atoms with Crippen LogP contribution in [0.15, 0.2) is 55.5 Å². The van der Waals surface area contributed by atoms with Gasteiger partial charge in [-0.15, -0.1) is 0 Å². The molecule has 0 fully saturated rings. The van der Waals surface area contributed by atoms with E-state index < -0.39 is 5.97 Å². The van der Waals surface area contributed by atoms with Crippen molar-refractivity contribution in [2.24, 2.45) is 0 Å². The third-order valence-corrected chi connectivity index (χ3v) is 2.60. The van der Waals surface area contributed by atoms with E-state index in [-0.39, 0.29) is 5.57 Å². The summed E-state index contributed by atoms with van der Waals surface area (Å²) < 4.78 is 1.82. The Morgan fingerprint density at radius 3 is 2.72 bits per heavy atom. The second-order valence-corrected chi connectivity index (χ2v) is 3.86. The van der Waals surface area contributed by atoms with Crippen molar-refractivity contribution in [1.82, 2.24) is 4.98 Å². The molecule has 0 aliphatic rings. The van der Waals surface area contributed by atoms with E-state index in [9.17, 15) is 4.79 Å². The molecule has 0 unspecified atom stereocenters. The minimum Gasteiger partial charge on any atom is -0.477 e. The lowest BCUT2D eigenvalue weighted by Crippen LogP contribution is -2.39. The van der Waals surface area contributed by atoms with Crippen LogP contribution in [0, 0.1) is 0 Å². The van der Waals surface area contributed by atoms with Gasteiger partial charge >= 0.3 is 5.97 Å². The van der Waals surface area contributed by atoms with Crippen molar-refractivity contribution in [3.63, 3.8) is 0 Å². The van der Waals surface area contributed by atoms with Crippen LogP contribution in [0.25, 0.3) is 5.57 Å². The molecule has 1 aromatic heterocycles. The van der Waals surface area contributed by atoms with Gasteiger partial charge in [0.15, 0.2) is 12.7 Å². The van der Waals surface area contributed by atoms with Gasteiger partial charge in [0.25, 0.3) is 0 Å². The predicted molar refractivity (Wildman–Crippen MR) is 66.6 cm³/mol. The summed E-state index contributed by atoms with van der Waals surface area (Å²) in [6.45, 7) is 4.15. The lowest BCUT2D eigenvalue weighted by atomic mass is 10.2. The predicted octanol–water partition coefficient (Wildman–Crippen LogP) is 1.52. The molecule has 1 aromatic carbocycles. The molecule has 0 saturated heterocycles. The first-order valence-corrected chi connectivity index (χ1v) is 5.48. The minimum atomic E-state index is -1.04. The van der Waals surface area contributed by atoms with Crippen LogP contribution in [0.5, 0.6) is 0 Å². The summed E-state index contributed by atoms with van der Waals surface area (Å²) in [6.07, 6.45) is 4.89. The Bertz CT molecular complexity index is 579. The third kappa shape index (κ3) is 2.60. The number of nitrogens with zero attached hydrogens (tertiary/aromatic N) is 2. The first-order valence-electron chi connectivity index (χ1n) is 5.48. The highest BCUT2D eigenvalue weighted by Crippen LogP contribution is 2.07. The van der Waals surface area contributed by atoms with E-state index in [0.717, 1.165) is 5.56 Å². The van der Waals surface area contributed by atoms with E-state index >= 15 is 0 Å². The van der Waals surface area contributed by atoms with E-state index in [0.29, 0.717) is 12.2 Å². The Balaban J connectivity index is 2.34. The number of carbonyl (C=O) groups is 1. The second-order valence-electron chi connectivity index (χ2n) is 3.86. The number of aromatic nitrogens is 2. The first kappa shape index (κ1) is 12.0. The van der Waals surface area contributed by atoms with Crippen LogP contribution in [0.2, 0.25) is 0 Å². The molecule has 18 heavy (non-hydrogen) atoms. The number of carboxylic acids is 1. The summed E-state index contributed by atoms with van der Waals surface area (Å²) in [5, 5.41) is 8.99. The van der Waals surface area contributed by atoms with Crippen molar-refractivity contribution in [3.05, 3.63) is 66.8 Å². The molecule has 0 aliphatic heterocycles. The Hall–Kier alpha value is -2.49. The van der Waals surface area contributed by atoms with Crippen molar-refractivity contribution in [3.8, 4) is 0 Å². The van der Waals surface area contributed by atoms with Gasteiger partial charge in [-0.1, -0.05) is 36.9 Å². The summed E-state index contributed by atoms with van der Waals surface area (Å²) in [4.78, 5) is 14.9. The lowest BCUT2D eigenvalue weighted by molar-refractivity contribution is -0.690. The Morgan fingerprint density at radius 2 is 2.06 bits per heavy atom. The molecule has 0 amide bonds. The fourth-order valence-electron chi connectivity index (χ4n) is 1.67. The van der Waals surface area contributed by atoms with Crippen molar-refractivity contribution in [1.29, 1.82) is 0 Å². The maximum absolute atomic E-state index is 11.0. The zero-order valence-corrected chi connectivity index (χ0v) is 9.78. The van der Waals surface area contributed by atoms with Gasteiger partial charge in [0.05, 0.1) is 12.4 Å². The van der Waals surface area contributed by atoms with Crippen LogP contribution in [0.4, 0.5) is 0 Å². The standard InChI is InChI=1S/C14H12N2O2/c1-11(14(17)18)13-9-15-7-8-16(13)10-12-5-3-2-4-6-12/h2-9H,1,10H2/p+1. The second kappa shape index (κ2) is 5.23. The molecule has 0 radical (unpaired) electrons. The average Bonchev–Trinajstić information content (AvgIpc) is 2.39. The summed E-state index contributed by atoms with van der Waals surface area (Å²) >= 11 is 0. The Labute approximate surface area is 105 Å². The highest BCUT2D eigenvalue weighted by Gasteiger charge is 2.19. The highest BCUT2D eigenvalue weighted by molar-refractivity contribution is 6.13. The molecule has 2 rings (SSSR count).